The number of benzene rings is 1. The Labute approximate surface area is 132 Å². The quantitative estimate of drug-likeness (QED) is 0.368. The number of hydrogen-bond acceptors (Lipinski definition) is 6. The molecule has 0 aliphatic carbocycles. The summed E-state index contributed by atoms with van der Waals surface area (Å²) in [5, 5.41) is 19.9. The van der Waals surface area contributed by atoms with Gasteiger partial charge in [0.2, 0.25) is 0 Å². The number of carboxylic acids is 1. The number of rotatable bonds is 6. The van der Waals surface area contributed by atoms with E-state index in [0.717, 1.165) is 5.56 Å². The Morgan fingerprint density at radius 2 is 1.78 bits per heavy atom. The first-order chi connectivity index (χ1) is 10.7. The fourth-order valence-corrected chi connectivity index (χ4v) is 2.47. The van der Waals surface area contributed by atoms with Crippen LogP contribution in [-0.2, 0) is 27.2 Å². The van der Waals surface area contributed by atoms with E-state index >= 15 is 0 Å². The zero-order chi connectivity index (χ0) is 17.7. The molecular formula is C15H17NO7. The summed E-state index contributed by atoms with van der Waals surface area (Å²) in [4.78, 5) is 44.4. The lowest BCUT2D eigenvalue weighted by Crippen LogP contribution is -2.18. The maximum absolute atomic E-state index is 12.0. The molecule has 0 aliphatic rings. The lowest BCUT2D eigenvalue weighted by Gasteiger charge is -2.13. The molecule has 0 aliphatic heterocycles. The van der Waals surface area contributed by atoms with E-state index in [0.29, 0.717) is 24.0 Å². The molecule has 0 atom stereocenters. The van der Waals surface area contributed by atoms with Gasteiger partial charge in [-0.3, -0.25) is 19.7 Å². The molecule has 124 valence electrons. The highest BCUT2D eigenvalue weighted by atomic mass is 16.6. The standard InChI is InChI=1S/C15H17NO7/c1-4-9-8(3)6-11(14(16(21)22)10(9)5-2)15(20)23-13(19)7-12(17)18/h6H,4-5,7H2,1-3H3,(H,17,18). The molecule has 0 radical (unpaired) electrons. The maximum Gasteiger partial charge on any atom is 0.352 e. The molecule has 1 rings (SSSR count). The highest BCUT2D eigenvalue weighted by Gasteiger charge is 2.29. The van der Waals surface area contributed by atoms with Gasteiger partial charge in [-0.2, -0.15) is 0 Å². The van der Waals surface area contributed by atoms with Crippen molar-refractivity contribution in [1.29, 1.82) is 0 Å². The van der Waals surface area contributed by atoms with Crippen molar-refractivity contribution in [3.63, 3.8) is 0 Å². The molecule has 8 nitrogen and oxygen atoms in total. The molecule has 0 spiro atoms. The first kappa shape index (κ1) is 18.3. The smallest absolute Gasteiger partial charge is 0.352 e. The average Bonchev–Trinajstić information content (AvgIpc) is 2.44. The number of aryl methyl sites for hydroxylation is 1. The van der Waals surface area contributed by atoms with Gasteiger partial charge in [-0.1, -0.05) is 13.8 Å². The molecule has 0 fully saturated rings. The minimum Gasteiger partial charge on any atom is -0.481 e. The van der Waals surface area contributed by atoms with Crippen LogP contribution in [-0.4, -0.2) is 27.9 Å². The number of aliphatic carboxylic acids is 1. The molecule has 0 amide bonds. The summed E-state index contributed by atoms with van der Waals surface area (Å²) in [5.41, 5.74) is 1.11. The number of carbonyl (C=O) groups excluding carboxylic acids is 2. The first-order valence-electron chi connectivity index (χ1n) is 6.99. The fraction of sp³-hybridized carbons (Fsp3) is 0.400. The molecule has 0 saturated heterocycles. The summed E-state index contributed by atoms with van der Waals surface area (Å²) in [6.07, 6.45) is -0.0974. The molecule has 8 heteroatoms. The van der Waals surface area contributed by atoms with E-state index in [1.54, 1.807) is 13.8 Å². The number of nitro groups is 1. The Hall–Kier alpha value is -2.77. The predicted molar refractivity (Wildman–Crippen MR) is 79.3 cm³/mol. The third-order valence-electron chi connectivity index (χ3n) is 3.35. The van der Waals surface area contributed by atoms with E-state index in [1.165, 1.54) is 6.07 Å². The SMILES string of the molecule is CCc1c(C)cc(C(=O)OC(=O)CC(=O)O)c([N+](=O)[O-])c1CC. The average molecular weight is 323 g/mol. The second-order valence-corrected chi connectivity index (χ2v) is 4.84. The van der Waals surface area contributed by atoms with E-state index in [9.17, 15) is 24.5 Å². The Balaban J connectivity index is 3.38. The predicted octanol–water partition coefficient (Wildman–Crippen LogP) is 2.19. The Morgan fingerprint density at radius 3 is 2.22 bits per heavy atom. The normalized spacial score (nSPS) is 10.2. The second kappa shape index (κ2) is 7.48. The number of nitrogens with zero attached hydrogens (tertiary/aromatic N) is 1. The van der Waals surface area contributed by atoms with Crippen molar-refractivity contribution in [2.24, 2.45) is 0 Å². The monoisotopic (exact) mass is 323 g/mol. The number of hydrogen-bond donors (Lipinski definition) is 1. The molecule has 0 bridgehead atoms. The third-order valence-corrected chi connectivity index (χ3v) is 3.35. The van der Waals surface area contributed by atoms with Gasteiger partial charge >= 0.3 is 17.9 Å². The molecule has 1 aromatic carbocycles. The Bertz CT molecular complexity index is 679. The largest absolute Gasteiger partial charge is 0.481 e. The number of carbonyl (C=O) groups is 3. The van der Waals surface area contributed by atoms with Crippen molar-refractivity contribution in [3.8, 4) is 0 Å². The van der Waals surface area contributed by atoms with E-state index in [1.807, 2.05) is 6.92 Å². The van der Waals surface area contributed by atoms with Crippen molar-refractivity contribution in [1.82, 2.24) is 0 Å². The zero-order valence-electron chi connectivity index (χ0n) is 13.0. The third kappa shape index (κ3) is 4.12. The van der Waals surface area contributed by atoms with Crippen LogP contribution in [0, 0.1) is 17.0 Å². The molecule has 0 unspecified atom stereocenters. The van der Waals surface area contributed by atoms with Crippen LogP contribution in [0.25, 0.3) is 0 Å². The van der Waals surface area contributed by atoms with Crippen LogP contribution >= 0.6 is 0 Å². The van der Waals surface area contributed by atoms with Crippen molar-refractivity contribution >= 4 is 23.6 Å². The summed E-state index contributed by atoms with van der Waals surface area (Å²) in [6.45, 7) is 5.28. The van der Waals surface area contributed by atoms with Gasteiger partial charge in [0, 0.05) is 5.56 Å². The van der Waals surface area contributed by atoms with Crippen LogP contribution in [0.15, 0.2) is 6.07 Å². The van der Waals surface area contributed by atoms with Crippen LogP contribution in [0.5, 0.6) is 0 Å². The molecule has 1 N–H and O–H groups in total. The van der Waals surface area contributed by atoms with E-state index in [2.05, 4.69) is 4.74 Å². The van der Waals surface area contributed by atoms with Crippen molar-refractivity contribution in [2.45, 2.75) is 40.0 Å². The minimum absolute atomic E-state index is 0.338. The van der Waals surface area contributed by atoms with Gasteiger partial charge in [-0.05, 0) is 37.0 Å². The van der Waals surface area contributed by atoms with Gasteiger partial charge < -0.3 is 9.84 Å². The zero-order valence-corrected chi connectivity index (χ0v) is 13.0. The molecule has 0 saturated carbocycles. The summed E-state index contributed by atoms with van der Waals surface area (Å²) >= 11 is 0. The van der Waals surface area contributed by atoms with E-state index in [-0.39, 0.29) is 5.56 Å². The van der Waals surface area contributed by atoms with Gasteiger partial charge in [-0.25, -0.2) is 4.79 Å². The van der Waals surface area contributed by atoms with Gasteiger partial charge in [0.1, 0.15) is 12.0 Å². The maximum atomic E-state index is 12.0. The molecule has 23 heavy (non-hydrogen) atoms. The van der Waals surface area contributed by atoms with Crippen LogP contribution in [0.1, 0.15) is 47.3 Å². The second-order valence-electron chi connectivity index (χ2n) is 4.84. The van der Waals surface area contributed by atoms with Crippen LogP contribution in [0.4, 0.5) is 5.69 Å². The summed E-state index contributed by atoms with van der Waals surface area (Å²) in [5.74, 6) is -3.94. The first-order valence-corrected chi connectivity index (χ1v) is 6.99. The van der Waals surface area contributed by atoms with Gasteiger partial charge in [0.05, 0.1) is 4.92 Å². The Morgan fingerprint density at radius 1 is 1.22 bits per heavy atom. The van der Waals surface area contributed by atoms with Crippen LogP contribution < -0.4 is 0 Å². The highest BCUT2D eigenvalue weighted by Crippen LogP contribution is 2.31. The Kier molecular flexibility index (Phi) is 5.94. The molecule has 1 aromatic rings. The van der Waals surface area contributed by atoms with Crippen molar-refractivity contribution in [2.75, 3.05) is 0 Å². The van der Waals surface area contributed by atoms with Crippen molar-refractivity contribution < 1.29 is 29.2 Å². The lowest BCUT2D eigenvalue weighted by atomic mass is 9.93. The minimum atomic E-state index is -1.45. The topological polar surface area (TPSA) is 124 Å². The molecule has 0 heterocycles. The number of carboxylic acid groups (broad SMARTS) is 1. The molecule has 0 aromatic heterocycles. The fourth-order valence-electron chi connectivity index (χ4n) is 2.47. The van der Waals surface area contributed by atoms with Gasteiger partial charge in [0.25, 0.3) is 5.69 Å². The summed E-state index contributed by atoms with van der Waals surface area (Å²) < 4.78 is 4.40. The van der Waals surface area contributed by atoms with Crippen LogP contribution in [0.3, 0.4) is 0 Å². The van der Waals surface area contributed by atoms with E-state index < -0.39 is 34.9 Å². The number of ether oxygens (including phenoxy) is 1. The lowest BCUT2D eigenvalue weighted by molar-refractivity contribution is -0.385. The van der Waals surface area contributed by atoms with E-state index in [4.69, 9.17) is 5.11 Å². The van der Waals surface area contributed by atoms with Gasteiger partial charge in [-0.15, -0.1) is 0 Å². The van der Waals surface area contributed by atoms with Crippen LogP contribution in [0.2, 0.25) is 0 Å². The highest BCUT2D eigenvalue weighted by molar-refractivity contribution is 6.03. The molecular weight excluding hydrogens is 306 g/mol. The summed E-state index contributed by atoms with van der Waals surface area (Å²) in [7, 11) is 0. The number of nitro benzene ring substituents is 1. The summed E-state index contributed by atoms with van der Waals surface area (Å²) in [6, 6.07) is 1.30. The number of esters is 2. The van der Waals surface area contributed by atoms with Gasteiger partial charge in [0.15, 0.2) is 0 Å². The van der Waals surface area contributed by atoms with Crippen molar-refractivity contribution in [3.05, 3.63) is 38.4 Å².